The van der Waals surface area contributed by atoms with E-state index in [0.717, 1.165) is 31.2 Å². The Morgan fingerprint density at radius 1 is 1.23 bits per heavy atom. The largest absolute Gasteiger partial charge is 0.388 e. The summed E-state index contributed by atoms with van der Waals surface area (Å²) in [5, 5.41) is 16.1. The van der Waals surface area contributed by atoms with Gasteiger partial charge in [-0.25, -0.2) is 4.79 Å². The number of rotatable bonds is 5. The Bertz CT molecular complexity index is 482. The van der Waals surface area contributed by atoms with Gasteiger partial charge >= 0.3 is 6.03 Å². The minimum Gasteiger partial charge on any atom is -0.388 e. The van der Waals surface area contributed by atoms with Gasteiger partial charge in [0.2, 0.25) is 0 Å². The molecule has 1 aromatic heterocycles. The highest BCUT2D eigenvalue weighted by Gasteiger charge is 2.29. The third kappa shape index (κ3) is 4.70. The van der Waals surface area contributed by atoms with E-state index in [1.807, 2.05) is 12.1 Å². The fraction of sp³-hybridized carbons (Fsp3) is 0.647. The Hall–Kier alpha value is -1.62. The lowest BCUT2D eigenvalue weighted by atomic mass is 9.85. The molecule has 1 aliphatic carbocycles. The molecule has 1 fully saturated rings. The minimum absolute atomic E-state index is 0.165. The van der Waals surface area contributed by atoms with E-state index in [0.29, 0.717) is 13.1 Å². The van der Waals surface area contributed by atoms with Gasteiger partial charge in [0.05, 0.1) is 5.60 Å². The molecule has 0 radical (unpaired) electrons. The van der Waals surface area contributed by atoms with Crippen LogP contribution in [-0.4, -0.2) is 34.8 Å². The summed E-state index contributed by atoms with van der Waals surface area (Å²) in [7, 11) is 0. The van der Waals surface area contributed by atoms with E-state index < -0.39 is 5.60 Å². The summed E-state index contributed by atoms with van der Waals surface area (Å²) in [6, 6.07) is 3.70. The van der Waals surface area contributed by atoms with E-state index in [1.165, 1.54) is 6.42 Å². The number of nitrogens with one attached hydrogen (secondary N) is 2. The molecule has 0 aliphatic heterocycles. The number of carbonyl (C=O) groups excluding carboxylic acids is 1. The topological polar surface area (TPSA) is 74.2 Å². The van der Waals surface area contributed by atoms with Crippen LogP contribution in [0.4, 0.5) is 4.79 Å². The van der Waals surface area contributed by atoms with Crippen molar-refractivity contribution < 1.29 is 9.90 Å². The molecule has 0 atom stereocenters. The van der Waals surface area contributed by atoms with Crippen LogP contribution in [-0.2, 0) is 5.41 Å². The molecule has 122 valence electrons. The highest BCUT2D eigenvalue weighted by Crippen LogP contribution is 2.27. The summed E-state index contributed by atoms with van der Waals surface area (Å²) in [5.41, 5.74) is 0.242. The SMILES string of the molecule is CC(C)(CNC(=O)NCC1(O)CCCCC1)c1ccncc1. The zero-order valence-corrected chi connectivity index (χ0v) is 13.6. The van der Waals surface area contributed by atoms with E-state index in [2.05, 4.69) is 29.5 Å². The van der Waals surface area contributed by atoms with Crippen molar-refractivity contribution in [1.82, 2.24) is 15.6 Å². The number of pyridine rings is 1. The molecular formula is C17H27N3O2. The van der Waals surface area contributed by atoms with Crippen LogP contribution in [0, 0.1) is 0 Å². The van der Waals surface area contributed by atoms with Gasteiger partial charge in [0.25, 0.3) is 0 Å². The highest BCUT2D eigenvalue weighted by molar-refractivity contribution is 5.74. The lowest BCUT2D eigenvalue weighted by molar-refractivity contribution is 0.00718. The fourth-order valence-corrected chi connectivity index (χ4v) is 2.90. The second-order valence-electron chi connectivity index (χ2n) is 6.94. The first-order valence-corrected chi connectivity index (χ1v) is 8.06. The van der Waals surface area contributed by atoms with Gasteiger partial charge in [-0.15, -0.1) is 0 Å². The second-order valence-corrected chi connectivity index (χ2v) is 6.94. The molecule has 5 nitrogen and oxygen atoms in total. The maximum absolute atomic E-state index is 12.0. The van der Waals surface area contributed by atoms with Crippen LogP contribution in [0.2, 0.25) is 0 Å². The predicted octanol–water partition coefficient (Wildman–Crippen LogP) is 2.35. The van der Waals surface area contributed by atoms with E-state index in [1.54, 1.807) is 12.4 Å². The molecule has 0 unspecified atom stereocenters. The van der Waals surface area contributed by atoms with Crippen LogP contribution >= 0.6 is 0 Å². The number of amides is 2. The molecule has 0 spiro atoms. The van der Waals surface area contributed by atoms with Crippen molar-refractivity contribution >= 4 is 6.03 Å². The smallest absolute Gasteiger partial charge is 0.314 e. The number of aromatic nitrogens is 1. The molecule has 0 aromatic carbocycles. The number of hydrogen-bond acceptors (Lipinski definition) is 3. The maximum atomic E-state index is 12.0. The Kier molecular flexibility index (Phi) is 5.40. The van der Waals surface area contributed by atoms with Gasteiger partial charge in [-0.05, 0) is 30.5 Å². The van der Waals surface area contributed by atoms with Crippen LogP contribution in [0.1, 0.15) is 51.5 Å². The van der Waals surface area contributed by atoms with Gasteiger partial charge in [0.1, 0.15) is 0 Å². The molecular weight excluding hydrogens is 278 g/mol. The van der Waals surface area contributed by atoms with Crippen molar-refractivity contribution in [3.8, 4) is 0 Å². The molecule has 0 bridgehead atoms. The van der Waals surface area contributed by atoms with Crippen molar-refractivity contribution in [2.45, 2.75) is 57.0 Å². The first kappa shape index (κ1) is 16.7. The normalized spacial score (nSPS) is 17.8. The van der Waals surface area contributed by atoms with Crippen LogP contribution < -0.4 is 10.6 Å². The number of aliphatic hydroxyl groups is 1. The molecule has 2 rings (SSSR count). The van der Waals surface area contributed by atoms with Crippen molar-refractivity contribution in [1.29, 1.82) is 0 Å². The van der Waals surface area contributed by atoms with E-state index in [9.17, 15) is 9.90 Å². The van der Waals surface area contributed by atoms with Crippen LogP contribution in [0.15, 0.2) is 24.5 Å². The molecule has 0 saturated heterocycles. The third-order valence-corrected chi connectivity index (χ3v) is 4.51. The van der Waals surface area contributed by atoms with Crippen molar-refractivity contribution in [2.24, 2.45) is 0 Å². The van der Waals surface area contributed by atoms with Crippen molar-refractivity contribution in [2.75, 3.05) is 13.1 Å². The molecule has 1 aromatic rings. The third-order valence-electron chi connectivity index (χ3n) is 4.51. The molecule has 3 N–H and O–H groups in total. The maximum Gasteiger partial charge on any atom is 0.314 e. The summed E-state index contributed by atoms with van der Waals surface area (Å²) in [5.74, 6) is 0. The van der Waals surface area contributed by atoms with Gasteiger partial charge in [0.15, 0.2) is 0 Å². The van der Waals surface area contributed by atoms with Crippen LogP contribution in [0.3, 0.4) is 0 Å². The monoisotopic (exact) mass is 305 g/mol. The van der Waals surface area contributed by atoms with E-state index in [4.69, 9.17) is 0 Å². The predicted molar refractivity (Wildman–Crippen MR) is 86.7 cm³/mol. The Morgan fingerprint density at radius 3 is 2.50 bits per heavy atom. The molecule has 22 heavy (non-hydrogen) atoms. The van der Waals surface area contributed by atoms with Crippen LogP contribution in [0.5, 0.6) is 0 Å². The van der Waals surface area contributed by atoms with Gasteiger partial charge in [0, 0.05) is 30.9 Å². The lowest BCUT2D eigenvalue weighted by Crippen LogP contribution is -2.49. The molecule has 1 heterocycles. The standard InChI is InChI=1S/C17H27N3O2/c1-16(2,14-6-10-18-11-7-14)12-19-15(21)20-13-17(22)8-4-3-5-9-17/h6-7,10-11,22H,3-5,8-9,12-13H2,1-2H3,(H2,19,20,21). The first-order chi connectivity index (χ1) is 10.4. The van der Waals surface area contributed by atoms with Crippen molar-refractivity contribution in [3.05, 3.63) is 30.1 Å². The summed E-state index contributed by atoms with van der Waals surface area (Å²) in [6.45, 7) is 5.02. The number of nitrogens with zero attached hydrogens (tertiary/aromatic N) is 1. The molecule has 2 amide bonds. The van der Waals surface area contributed by atoms with Crippen LogP contribution in [0.25, 0.3) is 0 Å². The van der Waals surface area contributed by atoms with Gasteiger partial charge in [-0.1, -0.05) is 33.1 Å². The zero-order chi connectivity index (χ0) is 16.1. The Balaban J connectivity index is 1.77. The second kappa shape index (κ2) is 7.09. The summed E-state index contributed by atoms with van der Waals surface area (Å²) in [6.07, 6.45) is 8.31. The van der Waals surface area contributed by atoms with E-state index in [-0.39, 0.29) is 11.4 Å². The zero-order valence-electron chi connectivity index (χ0n) is 13.6. The summed E-state index contributed by atoms with van der Waals surface area (Å²) >= 11 is 0. The number of hydrogen-bond donors (Lipinski definition) is 3. The minimum atomic E-state index is -0.726. The van der Waals surface area contributed by atoms with Gasteiger partial charge in [-0.2, -0.15) is 0 Å². The molecule has 5 heteroatoms. The van der Waals surface area contributed by atoms with Crippen molar-refractivity contribution in [3.63, 3.8) is 0 Å². The van der Waals surface area contributed by atoms with E-state index >= 15 is 0 Å². The fourth-order valence-electron chi connectivity index (χ4n) is 2.90. The quantitative estimate of drug-likeness (QED) is 0.782. The lowest BCUT2D eigenvalue weighted by Gasteiger charge is -2.32. The van der Waals surface area contributed by atoms with Gasteiger partial charge < -0.3 is 15.7 Å². The first-order valence-electron chi connectivity index (χ1n) is 8.06. The average molecular weight is 305 g/mol. The Labute approximate surface area is 132 Å². The number of urea groups is 1. The summed E-state index contributed by atoms with van der Waals surface area (Å²) < 4.78 is 0. The molecule has 1 saturated carbocycles. The molecule has 1 aliphatic rings. The van der Waals surface area contributed by atoms with Gasteiger partial charge in [-0.3, -0.25) is 4.98 Å². The Morgan fingerprint density at radius 2 is 1.86 bits per heavy atom. The highest BCUT2D eigenvalue weighted by atomic mass is 16.3. The number of carbonyl (C=O) groups is 1. The summed E-state index contributed by atoms with van der Waals surface area (Å²) in [4.78, 5) is 16.0. The average Bonchev–Trinajstić information content (AvgIpc) is 2.53.